The molecule has 0 saturated heterocycles. The van der Waals surface area contributed by atoms with Gasteiger partial charge in [0.2, 0.25) is 5.91 Å². The molecule has 1 N–H and O–H groups in total. The highest BCUT2D eigenvalue weighted by molar-refractivity contribution is 5.92. The molecule has 0 spiro atoms. The number of allylic oxidation sites excluding steroid dienone is 1. The van der Waals surface area contributed by atoms with Crippen molar-refractivity contribution in [3.8, 4) is 5.75 Å². The molecule has 4 heteroatoms. The Balaban J connectivity index is 3.26. The van der Waals surface area contributed by atoms with Crippen molar-refractivity contribution in [1.29, 1.82) is 0 Å². The number of amides is 1. The van der Waals surface area contributed by atoms with E-state index in [4.69, 9.17) is 4.74 Å². The second-order valence-electron chi connectivity index (χ2n) is 4.47. The summed E-state index contributed by atoms with van der Waals surface area (Å²) in [7, 11) is 1.52. The Labute approximate surface area is 113 Å². The lowest BCUT2D eigenvalue weighted by Crippen LogP contribution is -2.10. The number of ether oxygens (including phenoxy) is 1. The van der Waals surface area contributed by atoms with E-state index in [9.17, 15) is 9.59 Å². The van der Waals surface area contributed by atoms with E-state index in [2.05, 4.69) is 11.9 Å². The van der Waals surface area contributed by atoms with Gasteiger partial charge in [0.1, 0.15) is 5.75 Å². The van der Waals surface area contributed by atoms with Gasteiger partial charge in [0.25, 0.3) is 0 Å². The normalized spacial score (nSPS) is 9.84. The van der Waals surface area contributed by atoms with Crippen LogP contribution in [-0.4, -0.2) is 19.3 Å². The van der Waals surface area contributed by atoms with E-state index < -0.39 is 0 Å². The highest BCUT2D eigenvalue weighted by Gasteiger charge is 2.14. The summed E-state index contributed by atoms with van der Waals surface area (Å²) in [5.41, 5.74) is 3.02. The number of methoxy groups -OCH3 is 1. The van der Waals surface area contributed by atoms with Crippen molar-refractivity contribution in [2.45, 2.75) is 26.7 Å². The maximum atomic E-state index is 11.2. The van der Waals surface area contributed by atoms with Gasteiger partial charge in [-0.15, -0.1) is 6.58 Å². The quantitative estimate of drug-likeness (QED) is 0.632. The molecule has 0 heterocycles. The zero-order valence-electron chi connectivity index (χ0n) is 11.6. The summed E-state index contributed by atoms with van der Waals surface area (Å²) in [6.45, 7) is 7.25. The first-order valence-corrected chi connectivity index (χ1v) is 6.06. The Morgan fingerprint density at radius 3 is 2.58 bits per heavy atom. The van der Waals surface area contributed by atoms with Crippen LogP contribution < -0.4 is 10.1 Å². The molecule has 0 unspecified atom stereocenters. The molecule has 0 bridgehead atoms. The minimum Gasteiger partial charge on any atom is -0.496 e. The number of benzene rings is 1. The second-order valence-corrected chi connectivity index (χ2v) is 4.47. The fraction of sp³-hybridized carbons (Fsp3) is 0.333. The van der Waals surface area contributed by atoms with Gasteiger partial charge in [-0.1, -0.05) is 5.57 Å². The molecule has 0 saturated carbocycles. The molecule has 1 aromatic rings. The molecular weight excluding hydrogens is 242 g/mol. The highest BCUT2D eigenvalue weighted by atomic mass is 16.5. The number of hydrogen-bond acceptors (Lipinski definition) is 3. The molecule has 1 amide bonds. The molecule has 0 aromatic heterocycles. The first-order valence-electron chi connectivity index (χ1n) is 6.06. The van der Waals surface area contributed by atoms with Gasteiger partial charge in [0.15, 0.2) is 6.29 Å². The summed E-state index contributed by atoms with van der Waals surface area (Å²) in [6, 6.07) is 3.36. The molecule has 1 aromatic carbocycles. The van der Waals surface area contributed by atoms with E-state index in [0.29, 0.717) is 23.4 Å². The summed E-state index contributed by atoms with van der Waals surface area (Å²) in [5.74, 6) is 0.361. The van der Waals surface area contributed by atoms with E-state index in [1.54, 1.807) is 12.1 Å². The molecule has 19 heavy (non-hydrogen) atoms. The van der Waals surface area contributed by atoms with Crippen LogP contribution in [0, 0.1) is 0 Å². The van der Waals surface area contributed by atoms with Crippen LogP contribution in [0.1, 0.15) is 36.2 Å². The zero-order chi connectivity index (χ0) is 14.4. The third-order valence-corrected chi connectivity index (χ3v) is 2.73. The number of anilines is 1. The van der Waals surface area contributed by atoms with Crippen LogP contribution in [0.15, 0.2) is 24.3 Å². The predicted octanol–water partition coefficient (Wildman–Crippen LogP) is 2.97. The lowest BCUT2D eigenvalue weighted by molar-refractivity contribution is -0.114. The molecule has 0 radical (unpaired) electrons. The van der Waals surface area contributed by atoms with Gasteiger partial charge in [0.05, 0.1) is 12.7 Å². The zero-order valence-corrected chi connectivity index (χ0v) is 11.6. The first kappa shape index (κ1) is 15.0. The number of nitrogens with one attached hydrogen (secondary N) is 1. The average molecular weight is 261 g/mol. The maximum absolute atomic E-state index is 11.2. The summed E-state index contributed by atoms with van der Waals surface area (Å²) < 4.78 is 5.31. The van der Waals surface area contributed by atoms with Crippen LogP contribution in [0.25, 0.3) is 0 Å². The molecule has 0 aliphatic carbocycles. The van der Waals surface area contributed by atoms with E-state index >= 15 is 0 Å². The molecule has 102 valence electrons. The summed E-state index contributed by atoms with van der Waals surface area (Å²) >= 11 is 0. The molecular formula is C15H19NO3. The largest absolute Gasteiger partial charge is 0.496 e. The third kappa shape index (κ3) is 3.95. The smallest absolute Gasteiger partial charge is 0.221 e. The van der Waals surface area contributed by atoms with E-state index in [0.717, 1.165) is 23.8 Å². The van der Waals surface area contributed by atoms with Crippen molar-refractivity contribution in [3.63, 3.8) is 0 Å². The molecule has 0 atom stereocenters. The van der Waals surface area contributed by atoms with Gasteiger partial charge in [-0.3, -0.25) is 9.59 Å². The van der Waals surface area contributed by atoms with E-state index in [1.807, 2.05) is 6.92 Å². The third-order valence-electron chi connectivity index (χ3n) is 2.73. The monoisotopic (exact) mass is 261 g/mol. The Morgan fingerprint density at radius 1 is 1.42 bits per heavy atom. The van der Waals surface area contributed by atoms with Crippen LogP contribution in [-0.2, 0) is 11.2 Å². The SMILES string of the molecule is C=C(C)CCc1c(NC(C)=O)ccc(C=O)c1OC. The van der Waals surface area contributed by atoms with Gasteiger partial charge in [0, 0.05) is 18.2 Å². The van der Waals surface area contributed by atoms with Crippen molar-refractivity contribution in [2.24, 2.45) is 0 Å². The minimum atomic E-state index is -0.155. The predicted molar refractivity (Wildman–Crippen MR) is 75.8 cm³/mol. The van der Waals surface area contributed by atoms with Crippen molar-refractivity contribution >= 4 is 17.9 Å². The van der Waals surface area contributed by atoms with E-state index in [1.165, 1.54) is 14.0 Å². The average Bonchev–Trinajstić information content (AvgIpc) is 2.35. The lowest BCUT2D eigenvalue weighted by Gasteiger charge is -2.16. The maximum Gasteiger partial charge on any atom is 0.221 e. The van der Waals surface area contributed by atoms with Crippen molar-refractivity contribution < 1.29 is 14.3 Å². The molecule has 0 aliphatic rings. The standard InChI is InChI=1S/C15H19NO3/c1-10(2)5-7-13-14(16-11(3)18)8-6-12(9-17)15(13)19-4/h6,8-9H,1,5,7H2,2-4H3,(H,16,18). The second kappa shape index (κ2) is 6.73. The number of carbonyl (C=O) groups is 2. The molecule has 4 nitrogen and oxygen atoms in total. The highest BCUT2D eigenvalue weighted by Crippen LogP contribution is 2.31. The number of hydrogen-bond donors (Lipinski definition) is 1. The van der Waals surface area contributed by atoms with Crippen LogP contribution in [0.4, 0.5) is 5.69 Å². The van der Waals surface area contributed by atoms with Crippen LogP contribution in [0.2, 0.25) is 0 Å². The van der Waals surface area contributed by atoms with Crippen LogP contribution >= 0.6 is 0 Å². The fourth-order valence-electron chi connectivity index (χ4n) is 1.87. The molecule has 0 fully saturated rings. The number of aldehydes is 1. The van der Waals surface area contributed by atoms with Crippen LogP contribution in [0.3, 0.4) is 0 Å². The van der Waals surface area contributed by atoms with Crippen LogP contribution in [0.5, 0.6) is 5.75 Å². The van der Waals surface area contributed by atoms with Crippen molar-refractivity contribution in [3.05, 3.63) is 35.4 Å². The van der Waals surface area contributed by atoms with E-state index in [-0.39, 0.29) is 5.91 Å². The van der Waals surface area contributed by atoms with Gasteiger partial charge in [-0.25, -0.2) is 0 Å². The minimum absolute atomic E-state index is 0.155. The topological polar surface area (TPSA) is 55.4 Å². The Kier molecular flexibility index (Phi) is 5.30. The number of rotatable bonds is 6. The number of carbonyl (C=O) groups excluding carboxylic acids is 2. The molecule has 0 aliphatic heterocycles. The van der Waals surface area contributed by atoms with Gasteiger partial charge >= 0.3 is 0 Å². The lowest BCUT2D eigenvalue weighted by atomic mass is 10.0. The Bertz CT molecular complexity index is 506. The Morgan fingerprint density at radius 2 is 2.11 bits per heavy atom. The van der Waals surface area contributed by atoms with Gasteiger partial charge in [-0.2, -0.15) is 0 Å². The summed E-state index contributed by atoms with van der Waals surface area (Å²) in [4.78, 5) is 22.2. The van der Waals surface area contributed by atoms with Gasteiger partial charge in [-0.05, 0) is 31.9 Å². The Hall–Kier alpha value is -2.10. The fourth-order valence-corrected chi connectivity index (χ4v) is 1.87. The van der Waals surface area contributed by atoms with Crippen molar-refractivity contribution in [2.75, 3.05) is 12.4 Å². The summed E-state index contributed by atoms with van der Waals surface area (Å²) in [5, 5.41) is 2.76. The van der Waals surface area contributed by atoms with Gasteiger partial charge < -0.3 is 10.1 Å². The molecule has 1 rings (SSSR count). The summed E-state index contributed by atoms with van der Waals surface area (Å²) in [6.07, 6.45) is 2.18. The first-order chi connectivity index (χ1) is 8.99. The van der Waals surface area contributed by atoms with Crippen molar-refractivity contribution in [1.82, 2.24) is 0 Å².